The molecule has 0 aliphatic rings. The second kappa shape index (κ2) is 37.5. The van der Waals surface area contributed by atoms with Crippen molar-refractivity contribution in [3.8, 4) is 0 Å². The van der Waals surface area contributed by atoms with E-state index in [9.17, 15) is 58.2 Å². The van der Waals surface area contributed by atoms with Crippen LogP contribution in [0.15, 0.2) is 0 Å². The zero-order chi connectivity index (χ0) is 46.4. The van der Waals surface area contributed by atoms with Crippen LogP contribution in [0.25, 0.3) is 0 Å². The summed E-state index contributed by atoms with van der Waals surface area (Å²) < 4.78 is 21.0. The number of ether oxygens (including phenoxy) is 4. The number of amides is 5. The molecular formula is C39H65N5O18. The van der Waals surface area contributed by atoms with E-state index in [4.69, 9.17) is 29.2 Å². The van der Waals surface area contributed by atoms with Crippen molar-refractivity contribution >= 4 is 59.7 Å². The van der Waals surface area contributed by atoms with Gasteiger partial charge in [0.1, 0.15) is 37.6 Å². The largest absolute Gasteiger partial charge is 0.481 e. The number of carbonyl (C=O) groups is 10. The normalized spacial score (nSPS) is 12.3. The van der Waals surface area contributed by atoms with Crippen LogP contribution in [0.1, 0.15) is 103 Å². The summed E-state index contributed by atoms with van der Waals surface area (Å²) in [5, 5.41) is 48.6. The molecule has 0 aromatic heterocycles. The highest BCUT2D eigenvalue weighted by Gasteiger charge is 2.24. The summed E-state index contributed by atoms with van der Waals surface area (Å²) in [5.41, 5.74) is 0. The molecule has 0 radical (unpaired) electrons. The molecule has 0 saturated heterocycles. The lowest BCUT2D eigenvalue weighted by Gasteiger charge is -2.16. The van der Waals surface area contributed by atoms with Gasteiger partial charge in [-0.15, -0.1) is 0 Å². The van der Waals surface area contributed by atoms with Gasteiger partial charge in [0.15, 0.2) is 0 Å². The predicted octanol–water partition coefficient (Wildman–Crippen LogP) is -0.481. The van der Waals surface area contributed by atoms with Crippen LogP contribution in [0.4, 0.5) is 0 Å². The zero-order valence-corrected chi connectivity index (χ0v) is 35.2. The molecule has 0 fully saturated rings. The molecule has 0 aliphatic carbocycles. The number of nitrogens with one attached hydrogen (secondary N) is 5. The van der Waals surface area contributed by atoms with Gasteiger partial charge in [0, 0.05) is 45.2 Å². The van der Waals surface area contributed by atoms with Gasteiger partial charge in [-0.1, -0.05) is 38.5 Å². The van der Waals surface area contributed by atoms with Crippen LogP contribution in [0.2, 0.25) is 0 Å². The van der Waals surface area contributed by atoms with Gasteiger partial charge in [-0.05, 0) is 32.1 Å². The minimum absolute atomic E-state index is 0.0267. The standard InChI is InChI=1S/C39H65N5O18/c45-19-9-10-28(37(53)54)42-33(48)16-14-30(39(57)58)44-35(50)27-62-25-23-60-21-18-41-34(49)26-61-24-22-59-20-17-40-31(46)15-13-29(38(55)56)43-32(47)11-7-5-3-1-2-4-6-8-12-36(51)52/h19,28-30H,1-18,20-27H2,(H,40,46)(H,41,49)(H,42,48)(H,43,47)(H,44,50)(H,51,52)(H,53,54)(H,55,56)(H,57,58). The zero-order valence-electron chi connectivity index (χ0n) is 35.2. The molecule has 3 atom stereocenters. The van der Waals surface area contributed by atoms with Gasteiger partial charge >= 0.3 is 23.9 Å². The van der Waals surface area contributed by atoms with Crippen molar-refractivity contribution in [3.05, 3.63) is 0 Å². The third kappa shape index (κ3) is 34.5. The number of hydrogen-bond acceptors (Lipinski definition) is 14. The summed E-state index contributed by atoms with van der Waals surface area (Å²) >= 11 is 0. The minimum atomic E-state index is -1.44. The lowest BCUT2D eigenvalue weighted by Crippen LogP contribution is -2.44. The average Bonchev–Trinajstić information content (AvgIpc) is 3.21. The quantitative estimate of drug-likeness (QED) is 0.0276. The molecule has 0 aliphatic heterocycles. The molecule has 9 N–H and O–H groups in total. The summed E-state index contributed by atoms with van der Waals surface area (Å²) in [4.78, 5) is 116. The summed E-state index contributed by atoms with van der Waals surface area (Å²) in [6, 6.07) is -3.93. The van der Waals surface area contributed by atoms with E-state index in [2.05, 4.69) is 26.6 Å². The molecule has 5 amide bonds. The van der Waals surface area contributed by atoms with Crippen molar-refractivity contribution in [1.82, 2.24) is 26.6 Å². The fraction of sp³-hybridized carbons (Fsp3) is 0.744. The number of aldehydes is 1. The fourth-order valence-corrected chi connectivity index (χ4v) is 5.38. The maximum atomic E-state index is 12.2. The van der Waals surface area contributed by atoms with Crippen molar-refractivity contribution in [2.24, 2.45) is 0 Å². The van der Waals surface area contributed by atoms with Gasteiger partial charge < -0.3 is 70.8 Å². The molecule has 23 heteroatoms. The first-order valence-electron chi connectivity index (χ1n) is 20.7. The second-order valence-electron chi connectivity index (χ2n) is 13.9. The van der Waals surface area contributed by atoms with E-state index in [1.807, 2.05) is 0 Å². The molecule has 0 saturated carbocycles. The number of carbonyl (C=O) groups excluding carboxylic acids is 6. The van der Waals surface area contributed by atoms with Gasteiger partial charge in [-0.3, -0.25) is 28.8 Å². The third-order valence-electron chi connectivity index (χ3n) is 8.69. The van der Waals surface area contributed by atoms with E-state index in [1.54, 1.807) is 0 Å². The van der Waals surface area contributed by atoms with E-state index in [0.717, 1.165) is 38.5 Å². The SMILES string of the molecule is O=CCCC(NC(=O)CCC(NC(=O)COCCOCCNC(=O)COCCOCCNC(=O)CCC(NC(=O)CCCCCCCCCCC(=O)O)C(=O)O)C(=O)O)C(=O)O. The second-order valence-corrected chi connectivity index (χ2v) is 13.9. The van der Waals surface area contributed by atoms with Crippen molar-refractivity contribution in [2.75, 3.05) is 65.9 Å². The van der Waals surface area contributed by atoms with E-state index < -0.39 is 84.6 Å². The molecule has 62 heavy (non-hydrogen) atoms. The first-order chi connectivity index (χ1) is 29.7. The Morgan fingerprint density at radius 3 is 1.29 bits per heavy atom. The molecule has 0 bridgehead atoms. The van der Waals surface area contributed by atoms with E-state index in [-0.39, 0.29) is 104 Å². The molecule has 3 unspecified atom stereocenters. The Morgan fingerprint density at radius 2 is 0.806 bits per heavy atom. The first-order valence-corrected chi connectivity index (χ1v) is 20.7. The summed E-state index contributed by atoms with van der Waals surface area (Å²) in [6.45, 7) is 0.0825. The van der Waals surface area contributed by atoms with Crippen molar-refractivity contribution in [2.45, 2.75) is 121 Å². The number of carboxylic acids is 4. The van der Waals surface area contributed by atoms with Gasteiger partial charge in [0.05, 0.1) is 39.6 Å². The Morgan fingerprint density at radius 1 is 0.419 bits per heavy atom. The highest BCUT2D eigenvalue weighted by molar-refractivity contribution is 5.87. The molecule has 0 heterocycles. The maximum Gasteiger partial charge on any atom is 0.326 e. The smallest absolute Gasteiger partial charge is 0.326 e. The third-order valence-corrected chi connectivity index (χ3v) is 8.69. The fourth-order valence-electron chi connectivity index (χ4n) is 5.38. The molecule has 0 aromatic rings. The molecule has 23 nitrogen and oxygen atoms in total. The van der Waals surface area contributed by atoms with Crippen LogP contribution in [-0.2, 0) is 66.9 Å². The van der Waals surface area contributed by atoms with E-state index >= 15 is 0 Å². The van der Waals surface area contributed by atoms with Gasteiger partial charge in [-0.2, -0.15) is 0 Å². The van der Waals surface area contributed by atoms with Crippen LogP contribution < -0.4 is 26.6 Å². The van der Waals surface area contributed by atoms with Gasteiger partial charge in [-0.25, -0.2) is 14.4 Å². The van der Waals surface area contributed by atoms with Crippen molar-refractivity contribution in [1.29, 1.82) is 0 Å². The number of hydrogen-bond donors (Lipinski definition) is 9. The Kier molecular flexibility index (Phi) is 34.3. The van der Waals surface area contributed by atoms with E-state index in [1.165, 1.54) is 0 Å². The Labute approximate surface area is 360 Å². The lowest BCUT2D eigenvalue weighted by molar-refractivity contribution is -0.144. The van der Waals surface area contributed by atoms with Gasteiger partial charge in [0.25, 0.3) is 0 Å². The van der Waals surface area contributed by atoms with Gasteiger partial charge in [0.2, 0.25) is 29.5 Å². The summed E-state index contributed by atoms with van der Waals surface area (Å²) in [5.74, 6) is -7.50. The predicted molar refractivity (Wildman–Crippen MR) is 216 cm³/mol. The highest BCUT2D eigenvalue weighted by Crippen LogP contribution is 2.11. The van der Waals surface area contributed by atoms with Crippen LogP contribution >= 0.6 is 0 Å². The van der Waals surface area contributed by atoms with Crippen molar-refractivity contribution < 1.29 is 87.3 Å². The monoisotopic (exact) mass is 891 g/mol. The Balaban J connectivity index is 3.88. The number of rotatable bonds is 42. The number of unbranched alkanes of at least 4 members (excludes halogenated alkanes) is 7. The van der Waals surface area contributed by atoms with E-state index in [0.29, 0.717) is 19.1 Å². The maximum absolute atomic E-state index is 12.2. The van der Waals surface area contributed by atoms with Crippen LogP contribution in [0, 0.1) is 0 Å². The van der Waals surface area contributed by atoms with Crippen LogP contribution in [0.3, 0.4) is 0 Å². The Hall–Kier alpha value is -5.26. The Bertz CT molecular complexity index is 1380. The molecule has 354 valence electrons. The molecule has 0 aromatic carbocycles. The van der Waals surface area contributed by atoms with Crippen LogP contribution in [-0.4, -0.2) is 164 Å². The topological polar surface area (TPSA) is 349 Å². The first kappa shape index (κ1) is 56.7. The lowest BCUT2D eigenvalue weighted by atomic mass is 10.1. The molecular weight excluding hydrogens is 826 g/mol. The average molecular weight is 892 g/mol. The minimum Gasteiger partial charge on any atom is -0.481 e. The van der Waals surface area contributed by atoms with Crippen molar-refractivity contribution in [3.63, 3.8) is 0 Å². The highest BCUT2D eigenvalue weighted by atomic mass is 16.5. The summed E-state index contributed by atoms with van der Waals surface area (Å²) in [6.07, 6.45) is 6.65. The van der Waals surface area contributed by atoms with Crippen LogP contribution in [0.5, 0.6) is 0 Å². The summed E-state index contributed by atoms with van der Waals surface area (Å²) in [7, 11) is 0. The number of carboxylic acid groups (broad SMARTS) is 4. The molecule has 0 rings (SSSR count). The number of aliphatic carboxylic acids is 4. The molecule has 0 spiro atoms.